The summed E-state index contributed by atoms with van der Waals surface area (Å²) in [4.78, 5) is 14.0. The Labute approximate surface area is 107 Å². The van der Waals surface area contributed by atoms with Gasteiger partial charge in [0, 0.05) is 6.04 Å². The van der Waals surface area contributed by atoms with Crippen LogP contribution in [0.4, 0.5) is 0 Å². The van der Waals surface area contributed by atoms with Gasteiger partial charge in [-0.1, -0.05) is 13.3 Å². The number of carbonyl (C=O) groups is 1. The van der Waals surface area contributed by atoms with E-state index in [0.717, 1.165) is 13.0 Å². The molecule has 0 bridgehead atoms. The number of rotatable bonds is 4. The number of furan rings is 1. The molecule has 1 saturated heterocycles. The normalized spacial score (nSPS) is 20.9. The largest absolute Gasteiger partial charge is 0.467 e. The van der Waals surface area contributed by atoms with Gasteiger partial charge in [-0.2, -0.15) is 0 Å². The van der Waals surface area contributed by atoms with E-state index in [1.165, 1.54) is 19.3 Å². The first kappa shape index (κ1) is 13.1. The molecule has 1 aliphatic rings. The molecule has 0 aromatic carbocycles. The molecule has 0 radical (unpaired) electrons. The fraction of sp³-hybridized carbons (Fsp3) is 0.615. The predicted octanol–water partition coefficient (Wildman–Crippen LogP) is 1.65. The van der Waals surface area contributed by atoms with E-state index in [4.69, 9.17) is 10.3 Å². The Kier molecular flexibility index (Phi) is 4.38. The maximum Gasteiger partial charge on any atom is 0.268 e. The summed E-state index contributed by atoms with van der Waals surface area (Å²) >= 11 is 0. The number of hydrogen-bond donors (Lipinski definition) is 2. The number of amides is 1. The van der Waals surface area contributed by atoms with Gasteiger partial charge in [0.25, 0.3) is 5.91 Å². The van der Waals surface area contributed by atoms with Crippen molar-refractivity contribution in [3.8, 4) is 0 Å². The zero-order chi connectivity index (χ0) is 13.0. The summed E-state index contributed by atoms with van der Waals surface area (Å²) in [5, 5.41) is 0. The zero-order valence-electron chi connectivity index (χ0n) is 10.8. The number of nitrogens with two attached hydrogens (primary N) is 1. The minimum atomic E-state index is -0.288. The molecule has 18 heavy (non-hydrogen) atoms. The van der Waals surface area contributed by atoms with Crippen molar-refractivity contribution in [2.75, 3.05) is 6.54 Å². The van der Waals surface area contributed by atoms with Gasteiger partial charge in [-0.25, -0.2) is 5.84 Å². The molecule has 1 amide bonds. The second kappa shape index (κ2) is 6.02. The molecule has 1 unspecified atom stereocenters. The van der Waals surface area contributed by atoms with Gasteiger partial charge >= 0.3 is 0 Å². The van der Waals surface area contributed by atoms with Gasteiger partial charge in [-0.15, -0.1) is 0 Å². The monoisotopic (exact) mass is 251 g/mol. The molecule has 1 aromatic heterocycles. The fourth-order valence-corrected chi connectivity index (χ4v) is 2.66. The van der Waals surface area contributed by atoms with E-state index in [0.29, 0.717) is 23.9 Å². The summed E-state index contributed by atoms with van der Waals surface area (Å²) in [6.07, 6.45) is 6.43. The summed E-state index contributed by atoms with van der Waals surface area (Å²) in [7, 11) is 0. The minimum Gasteiger partial charge on any atom is -0.467 e. The van der Waals surface area contributed by atoms with Crippen LogP contribution >= 0.6 is 0 Å². The Bertz CT molecular complexity index is 403. The van der Waals surface area contributed by atoms with Crippen LogP contribution in [-0.2, 0) is 6.54 Å². The number of nitrogen functional groups attached to an aromatic ring is 1. The smallest absolute Gasteiger partial charge is 0.268 e. The number of hydrazine groups is 1. The molecular weight excluding hydrogens is 230 g/mol. The number of likely N-dealkylation sites (tertiary alicyclic amines) is 1. The maximum atomic E-state index is 11.6. The van der Waals surface area contributed by atoms with Crippen molar-refractivity contribution < 1.29 is 9.21 Å². The molecule has 0 aliphatic carbocycles. The molecular formula is C13H21N3O2. The Morgan fingerprint density at radius 2 is 2.44 bits per heavy atom. The topological polar surface area (TPSA) is 71.5 Å². The van der Waals surface area contributed by atoms with Crippen molar-refractivity contribution in [1.29, 1.82) is 0 Å². The van der Waals surface area contributed by atoms with Crippen LogP contribution in [0, 0.1) is 0 Å². The van der Waals surface area contributed by atoms with Gasteiger partial charge < -0.3 is 4.42 Å². The maximum absolute atomic E-state index is 11.6. The van der Waals surface area contributed by atoms with E-state index < -0.39 is 0 Å². The summed E-state index contributed by atoms with van der Waals surface area (Å²) < 4.78 is 5.43. The van der Waals surface area contributed by atoms with Crippen LogP contribution in [0.1, 0.15) is 48.7 Å². The van der Waals surface area contributed by atoms with E-state index in [2.05, 4.69) is 17.2 Å². The van der Waals surface area contributed by atoms with Crippen LogP contribution in [0.25, 0.3) is 0 Å². The number of nitrogens with zero attached hydrogens (tertiary/aromatic N) is 1. The van der Waals surface area contributed by atoms with Crippen LogP contribution in [0.2, 0.25) is 0 Å². The Morgan fingerprint density at radius 1 is 1.61 bits per heavy atom. The third kappa shape index (κ3) is 2.73. The van der Waals surface area contributed by atoms with Crippen molar-refractivity contribution in [3.05, 3.63) is 23.7 Å². The van der Waals surface area contributed by atoms with E-state index in [9.17, 15) is 4.79 Å². The Hall–Kier alpha value is -1.33. The van der Waals surface area contributed by atoms with Gasteiger partial charge in [0.15, 0.2) is 0 Å². The first-order chi connectivity index (χ1) is 8.76. The van der Waals surface area contributed by atoms with Crippen molar-refractivity contribution in [1.82, 2.24) is 10.3 Å². The van der Waals surface area contributed by atoms with Crippen molar-refractivity contribution in [3.63, 3.8) is 0 Å². The third-order valence-corrected chi connectivity index (χ3v) is 3.69. The molecule has 0 spiro atoms. The molecule has 2 rings (SSSR count). The standard InChI is InChI=1S/C13H21N3O2/c1-2-10-5-3-4-7-16(10)9-12-11(6-8-18-12)13(17)15-14/h6,8,10H,2-5,7,9,14H2,1H3,(H,15,17). The summed E-state index contributed by atoms with van der Waals surface area (Å²) in [6, 6.07) is 2.26. The highest BCUT2D eigenvalue weighted by Crippen LogP contribution is 2.23. The lowest BCUT2D eigenvalue weighted by Gasteiger charge is -2.34. The quantitative estimate of drug-likeness (QED) is 0.485. The molecule has 1 fully saturated rings. The Morgan fingerprint density at radius 3 is 3.17 bits per heavy atom. The number of piperidine rings is 1. The van der Waals surface area contributed by atoms with Crippen LogP contribution in [0.3, 0.4) is 0 Å². The molecule has 1 atom stereocenters. The predicted molar refractivity (Wildman–Crippen MR) is 68.7 cm³/mol. The summed E-state index contributed by atoms with van der Waals surface area (Å²) in [5.74, 6) is 5.58. The lowest BCUT2D eigenvalue weighted by Crippen LogP contribution is -2.39. The van der Waals surface area contributed by atoms with Crippen LogP contribution < -0.4 is 11.3 Å². The first-order valence-corrected chi connectivity index (χ1v) is 6.57. The molecule has 5 heteroatoms. The molecule has 0 saturated carbocycles. The van der Waals surface area contributed by atoms with Crippen LogP contribution in [-0.4, -0.2) is 23.4 Å². The van der Waals surface area contributed by atoms with Gasteiger partial charge in [0.05, 0.1) is 18.4 Å². The van der Waals surface area contributed by atoms with Crippen molar-refractivity contribution >= 4 is 5.91 Å². The SMILES string of the molecule is CCC1CCCCN1Cc1occc1C(=O)NN. The van der Waals surface area contributed by atoms with Crippen molar-refractivity contribution in [2.45, 2.75) is 45.2 Å². The lowest BCUT2D eigenvalue weighted by atomic mass is 9.99. The summed E-state index contributed by atoms with van der Waals surface area (Å²) in [6.45, 7) is 3.97. The van der Waals surface area contributed by atoms with E-state index in [-0.39, 0.29) is 5.91 Å². The number of nitrogens with one attached hydrogen (secondary N) is 1. The van der Waals surface area contributed by atoms with Gasteiger partial charge in [0.1, 0.15) is 5.76 Å². The third-order valence-electron chi connectivity index (χ3n) is 3.69. The fourth-order valence-electron chi connectivity index (χ4n) is 2.66. The first-order valence-electron chi connectivity index (χ1n) is 6.57. The average molecular weight is 251 g/mol. The van der Waals surface area contributed by atoms with E-state index >= 15 is 0 Å². The van der Waals surface area contributed by atoms with Gasteiger partial charge in [-0.05, 0) is 31.9 Å². The van der Waals surface area contributed by atoms with Gasteiger partial charge in [-0.3, -0.25) is 15.1 Å². The number of hydrogen-bond acceptors (Lipinski definition) is 4. The second-order valence-corrected chi connectivity index (χ2v) is 4.76. The molecule has 3 N–H and O–H groups in total. The summed E-state index contributed by atoms with van der Waals surface area (Å²) in [5.41, 5.74) is 2.69. The van der Waals surface area contributed by atoms with E-state index in [1.54, 1.807) is 12.3 Å². The van der Waals surface area contributed by atoms with Crippen LogP contribution in [0.15, 0.2) is 16.7 Å². The van der Waals surface area contributed by atoms with Gasteiger partial charge in [0.2, 0.25) is 0 Å². The van der Waals surface area contributed by atoms with E-state index in [1.807, 2.05) is 0 Å². The second-order valence-electron chi connectivity index (χ2n) is 4.76. The van der Waals surface area contributed by atoms with Crippen molar-refractivity contribution in [2.24, 2.45) is 5.84 Å². The highest BCUT2D eigenvalue weighted by molar-refractivity contribution is 5.94. The molecule has 100 valence electrons. The Balaban J connectivity index is 2.08. The number of carbonyl (C=O) groups excluding carboxylic acids is 1. The molecule has 1 aliphatic heterocycles. The zero-order valence-corrected chi connectivity index (χ0v) is 10.8. The molecule has 2 heterocycles. The molecule has 1 aromatic rings. The lowest BCUT2D eigenvalue weighted by molar-refractivity contribution is 0.0943. The molecule has 5 nitrogen and oxygen atoms in total. The highest BCUT2D eigenvalue weighted by atomic mass is 16.3. The van der Waals surface area contributed by atoms with Crippen LogP contribution in [0.5, 0.6) is 0 Å². The average Bonchev–Trinajstić information content (AvgIpc) is 2.86. The highest BCUT2D eigenvalue weighted by Gasteiger charge is 2.24. The minimum absolute atomic E-state index is 0.288.